The standard InChI is InChI=1S/C19H17F2N3O4/c1-19(12-5-3-2-4-6-12)16(26)24(18(27)23-19)11-15(25)22-13-7-9-14(10-8-13)28-17(20)21/h2-10,17H,11H2,1H3,(H,22,25)(H,23,27)/t19-/m0/s1. The normalized spacial score (nSPS) is 18.9. The van der Waals surface area contributed by atoms with Crippen LogP contribution in [0.2, 0.25) is 0 Å². The van der Waals surface area contributed by atoms with E-state index in [1.807, 2.05) is 0 Å². The number of hydrogen-bond acceptors (Lipinski definition) is 4. The molecule has 1 heterocycles. The molecule has 1 saturated heterocycles. The molecule has 2 aromatic carbocycles. The van der Waals surface area contributed by atoms with Gasteiger partial charge in [0.25, 0.3) is 5.91 Å². The van der Waals surface area contributed by atoms with Crippen LogP contribution in [0.4, 0.5) is 19.3 Å². The second kappa shape index (κ2) is 7.63. The lowest BCUT2D eigenvalue weighted by molar-refractivity contribution is -0.133. The van der Waals surface area contributed by atoms with Gasteiger partial charge in [-0.25, -0.2) is 4.79 Å². The molecule has 0 saturated carbocycles. The van der Waals surface area contributed by atoms with Crippen molar-refractivity contribution in [2.45, 2.75) is 19.1 Å². The number of amides is 4. The first-order valence-corrected chi connectivity index (χ1v) is 8.34. The number of halogens is 2. The Morgan fingerprint density at radius 2 is 1.79 bits per heavy atom. The monoisotopic (exact) mass is 389 g/mol. The molecule has 0 bridgehead atoms. The van der Waals surface area contributed by atoms with Crippen molar-refractivity contribution in [3.8, 4) is 5.75 Å². The Morgan fingerprint density at radius 1 is 1.14 bits per heavy atom. The number of anilines is 1. The molecule has 0 spiro atoms. The average Bonchev–Trinajstić information content (AvgIpc) is 2.88. The van der Waals surface area contributed by atoms with Crippen molar-refractivity contribution < 1.29 is 27.9 Å². The smallest absolute Gasteiger partial charge is 0.387 e. The molecule has 2 N–H and O–H groups in total. The molecule has 1 atom stereocenters. The van der Waals surface area contributed by atoms with Crippen LogP contribution in [0, 0.1) is 0 Å². The number of hydrogen-bond donors (Lipinski definition) is 2. The Labute approximate surface area is 159 Å². The number of carbonyl (C=O) groups is 3. The quantitative estimate of drug-likeness (QED) is 0.744. The molecule has 1 aliphatic heterocycles. The Balaban J connectivity index is 1.65. The zero-order valence-corrected chi connectivity index (χ0v) is 14.8. The average molecular weight is 389 g/mol. The summed E-state index contributed by atoms with van der Waals surface area (Å²) in [5, 5.41) is 5.11. The van der Waals surface area contributed by atoms with Crippen LogP contribution in [0.3, 0.4) is 0 Å². The highest BCUT2D eigenvalue weighted by molar-refractivity contribution is 6.10. The highest BCUT2D eigenvalue weighted by atomic mass is 19.3. The van der Waals surface area contributed by atoms with Crippen molar-refractivity contribution in [1.82, 2.24) is 10.2 Å². The van der Waals surface area contributed by atoms with E-state index in [0.29, 0.717) is 11.3 Å². The maximum Gasteiger partial charge on any atom is 0.387 e. The number of ether oxygens (including phenoxy) is 1. The van der Waals surface area contributed by atoms with Crippen LogP contribution >= 0.6 is 0 Å². The summed E-state index contributed by atoms with van der Waals surface area (Å²) in [7, 11) is 0. The molecule has 1 fully saturated rings. The van der Waals surface area contributed by atoms with E-state index in [1.165, 1.54) is 24.3 Å². The molecule has 3 rings (SSSR count). The van der Waals surface area contributed by atoms with Crippen LogP contribution < -0.4 is 15.4 Å². The van der Waals surface area contributed by atoms with Gasteiger partial charge in [-0.1, -0.05) is 30.3 Å². The number of urea groups is 1. The molecule has 0 radical (unpaired) electrons. The first-order chi connectivity index (χ1) is 13.3. The van der Waals surface area contributed by atoms with Crippen molar-refractivity contribution in [1.29, 1.82) is 0 Å². The van der Waals surface area contributed by atoms with E-state index < -0.39 is 36.5 Å². The molecular weight excluding hydrogens is 372 g/mol. The minimum absolute atomic E-state index is 0.0549. The third-order valence-electron chi connectivity index (χ3n) is 4.29. The Morgan fingerprint density at radius 3 is 2.39 bits per heavy atom. The second-order valence-corrected chi connectivity index (χ2v) is 6.26. The minimum Gasteiger partial charge on any atom is -0.435 e. The number of imide groups is 1. The largest absolute Gasteiger partial charge is 0.435 e. The SMILES string of the molecule is C[C@@]1(c2ccccc2)NC(=O)N(CC(=O)Nc2ccc(OC(F)F)cc2)C1=O. The van der Waals surface area contributed by atoms with Crippen LogP contribution in [0.25, 0.3) is 0 Å². The van der Waals surface area contributed by atoms with Gasteiger partial charge in [-0.2, -0.15) is 8.78 Å². The first kappa shape index (κ1) is 19.3. The lowest BCUT2D eigenvalue weighted by Gasteiger charge is -2.22. The fourth-order valence-electron chi connectivity index (χ4n) is 2.87. The lowest BCUT2D eigenvalue weighted by Crippen LogP contribution is -2.42. The Bertz CT molecular complexity index is 890. The predicted octanol–water partition coefficient (Wildman–Crippen LogP) is 2.69. The fraction of sp³-hybridized carbons (Fsp3) is 0.211. The first-order valence-electron chi connectivity index (χ1n) is 8.34. The van der Waals surface area contributed by atoms with Gasteiger partial charge < -0.3 is 15.4 Å². The van der Waals surface area contributed by atoms with Gasteiger partial charge in [-0.05, 0) is 36.8 Å². The van der Waals surface area contributed by atoms with Crippen molar-refractivity contribution in [3.05, 3.63) is 60.2 Å². The van der Waals surface area contributed by atoms with E-state index in [-0.39, 0.29) is 5.75 Å². The predicted molar refractivity (Wildman–Crippen MR) is 95.7 cm³/mol. The lowest BCUT2D eigenvalue weighted by atomic mass is 9.92. The number of carbonyl (C=O) groups excluding carboxylic acids is 3. The summed E-state index contributed by atoms with van der Waals surface area (Å²) in [5.41, 5.74) is -0.345. The summed E-state index contributed by atoms with van der Waals surface area (Å²) in [6, 6.07) is 13.3. The van der Waals surface area contributed by atoms with Crippen LogP contribution in [-0.4, -0.2) is 35.9 Å². The molecular formula is C19H17F2N3O4. The maximum atomic E-state index is 12.7. The van der Waals surface area contributed by atoms with Gasteiger partial charge in [-0.3, -0.25) is 14.5 Å². The Kier molecular flexibility index (Phi) is 5.25. The molecule has 28 heavy (non-hydrogen) atoms. The van der Waals surface area contributed by atoms with Crippen molar-refractivity contribution in [2.75, 3.05) is 11.9 Å². The summed E-state index contributed by atoms with van der Waals surface area (Å²) in [6.45, 7) is -1.86. The van der Waals surface area contributed by atoms with Gasteiger partial charge in [0, 0.05) is 5.69 Å². The van der Waals surface area contributed by atoms with Gasteiger partial charge in [0.1, 0.15) is 17.8 Å². The summed E-state index contributed by atoms with van der Waals surface area (Å²) in [5.74, 6) is -1.21. The topological polar surface area (TPSA) is 87.7 Å². The van der Waals surface area contributed by atoms with E-state index in [1.54, 1.807) is 37.3 Å². The number of benzene rings is 2. The molecule has 2 aromatic rings. The van der Waals surface area contributed by atoms with Gasteiger partial charge in [0.05, 0.1) is 0 Å². The van der Waals surface area contributed by atoms with Crippen molar-refractivity contribution >= 4 is 23.5 Å². The molecule has 146 valence electrons. The molecule has 7 nitrogen and oxygen atoms in total. The summed E-state index contributed by atoms with van der Waals surface area (Å²) < 4.78 is 28.5. The third-order valence-corrected chi connectivity index (χ3v) is 4.29. The van der Waals surface area contributed by atoms with E-state index in [0.717, 1.165) is 4.90 Å². The van der Waals surface area contributed by atoms with Crippen molar-refractivity contribution in [2.24, 2.45) is 0 Å². The van der Waals surface area contributed by atoms with Gasteiger partial charge in [-0.15, -0.1) is 0 Å². The second-order valence-electron chi connectivity index (χ2n) is 6.26. The third kappa shape index (κ3) is 3.93. The summed E-state index contributed by atoms with van der Waals surface area (Å²) in [4.78, 5) is 38.0. The molecule has 1 aliphatic rings. The molecule has 4 amide bonds. The number of rotatable bonds is 6. The van der Waals surface area contributed by atoms with Crippen LogP contribution in [0.5, 0.6) is 5.75 Å². The molecule has 0 unspecified atom stereocenters. The van der Waals surface area contributed by atoms with Gasteiger partial charge in [0.2, 0.25) is 5.91 Å². The number of nitrogens with zero attached hydrogens (tertiary/aromatic N) is 1. The molecule has 0 aromatic heterocycles. The van der Waals surface area contributed by atoms with E-state index in [9.17, 15) is 23.2 Å². The van der Waals surface area contributed by atoms with E-state index in [4.69, 9.17) is 0 Å². The number of nitrogens with one attached hydrogen (secondary N) is 2. The maximum absolute atomic E-state index is 12.7. The van der Waals surface area contributed by atoms with E-state index >= 15 is 0 Å². The zero-order chi connectivity index (χ0) is 20.3. The van der Waals surface area contributed by atoms with Crippen LogP contribution in [0.15, 0.2) is 54.6 Å². The summed E-state index contributed by atoms with van der Waals surface area (Å²) >= 11 is 0. The number of alkyl halides is 2. The Hall–Kier alpha value is -3.49. The highest BCUT2D eigenvalue weighted by Crippen LogP contribution is 2.28. The zero-order valence-electron chi connectivity index (χ0n) is 14.8. The van der Waals surface area contributed by atoms with Crippen LogP contribution in [0.1, 0.15) is 12.5 Å². The fourth-order valence-corrected chi connectivity index (χ4v) is 2.87. The van der Waals surface area contributed by atoms with E-state index in [2.05, 4.69) is 15.4 Å². The van der Waals surface area contributed by atoms with Crippen LogP contribution in [-0.2, 0) is 15.1 Å². The van der Waals surface area contributed by atoms with Gasteiger partial charge >= 0.3 is 12.6 Å². The van der Waals surface area contributed by atoms with Gasteiger partial charge in [0.15, 0.2) is 0 Å². The minimum atomic E-state index is -2.95. The highest BCUT2D eigenvalue weighted by Gasteiger charge is 2.49. The molecule has 9 heteroatoms. The van der Waals surface area contributed by atoms with Crippen molar-refractivity contribution in [3.63, 3.8) is 0 Å². The molecule has 0 aliphatic carbocycles. The summed E-state index contributed by atoms with van der Waals surface area (Å²) in [6.07, 6.45) is 0.